The Balaban J connectivity index is 1.79. The molecule has 0 N–H and O–H groups in total. The van der Waals surface area contributed by atoms with Crippen molar-refractivity contribution in [1.82, 2.24) is 0 Å². The second-order valence-electron chi connectivity index (χ2n) is 5.47. The fourth-order valence-corrected chi connectivity index (χ4v) is 7.20. The van der Waals surface area contributed by atoms with E-state index in [9.17, 15) is 38.4 Å². The van der Waals surface area contributed by atoms with E-state index >= 15 is 0 Å². The Labute approximate surface area is 129 Å². The van der Waals surface area contributed by atoms with Gasteiger partial charge in [0.1, 0.15) is 12.2 Å². The molecule has 0 aromatic heterocycles. The van der Waals surface area contributed by atoms with Crippen LogP contribution >= 0.6 is 0 Å². The lowest BCUT2D eigenvalue weighted by Crippen LogP contribution is -2.37. The van der Waals surface area contributed by atoms with Gasteiger partial charge in [-0.1, -0.05) is 0 Å². The van der Waals surface area contributed by atoms with Gasteiger partial charge in [0.05, 0.1) is 5.25 Å². The average molecular weight is 400 g/mol. The van der Waals surface area contributed by atoms with Crippen molar-refractivity contribution in [2.45, 2.75) is 35.8 Å². The zero-order valence-corrected chi connectivity index (χ0v) is 13.3. The monoisotopic (exact) mass is 400 g/mol. The highest BCUT2D eigenvalue weighted by atomic mass is 32.3. The van der Waals surface area contributed by atoms with Crippen LogP contribution in [0.25, 0.3) is 4.13 Å². The Morgan fingerprint density at radius 2 is 1.74 bits per heavy atom. The third-order valence-corrected chi connectivity index (χ3v) is 8.47. The predicted molar refractivity (Wildman–Crippen MR) is 65.9 cm³/mol. The van der Waals surface area contributed by atoms with Crippen LogP contribution in [0.5, 0.6) is 0 Å². The standard InChI is InChI=1S/C8H9F3NO8S3/c9-8(10,11)22(15,16)12-23(17,18)20-6-3-1-4-5(2-3)21(13,14)19-7(4)6/h3-7H,1-2H2/q-1. The van der Waals surface area contributed by atoms with Gasteiger partial charge in [-0.25, -0.2) is 16.8 Å². The minimum absolute atomic E-state index is 0.0374. The van der Waals surface area contributed by atoms with Crippen molar-refractivity contribution in [3.05, 3.63) is 4.13 Å². The minimum atomic E-state index is -6.29. The Kier molecular flexibility index (Phi) is 3.61. The molecule has 3 fully saturated rings. The topological polar surface area (TPSA) is 135 Å². The number of alkyl halides is 3. The van der Waals surface area contributed by atoms with Gasteiger partial charge in [0.25, 0.3) is 10.1 Å². The van der Waals surface area contributed by atoms with Crippen LogP contribution in [0, 0.1) is 11.8 Å². The van der Waals surface area contributed by atoms with Crippen LogP contribution in [0.1, 0.15) is 12.8 Å². The third-order valence-electron chi connectivity index (χ3n) is 4.13. The van der Waals surface area contributed by atoms with Crippen LogP contribution in [0.4, 0.5) is 13.2 Å². The van der Waals surface area contributed by atoms with E-state index in [0.717, 1.165) is 0 Å². The number of nitrogens with zero attached hydrogens (tertiary/aromatic N) is 1. The molecule has 0 spiro atoms. The Hall–Kier alpha value is -0.480. The zero-order chi connectivity index (χ0) is 17.4. The van der Waals surface area contributed by atoms with E-state index in [1.807, 2.05) is 0 Å². The van der Waals surface area contributed by atoms with Crippen LogP contribution in [0.2, 0.25) is 0 Å². The van der Waals surface area contributed by atoms with Gasteiger partial charge in [-0.3, -0.25) is 8.37 Å². The summed E-state index contributed by atoms with van der Waals surface area (Å²) in [6, 6.07) is 0. The summed E-state index contributed by atoms with van der Waals surface area (Å²) in [5.41, 5.74) is -5.89. The van der Waals surface area contributed by atoms with Crippen LogP contribution in [0.15, 0.2) is 0 Å². The lowest BCUT2D eigenvalue weighted by Gasteiger charge is -2.29. The first kappa shape index (κ1) is 17.3. The molecule has 5 unspecified atom stereocenters. The molecule has 23 heavy (non-hydrogen) atoms. The quantitative estimate of drug-likeness (QED) is 0.601. The van der Waals surface area contributed by atoms with Crippen LogP contribution in [-0.4, -0.2) is 48.2 Å². The molecule has 0 radical (unpaired) electrons. The van der Waals surface area contributed by atoms with E-state index < -0.39 is 65.2 Å². The number of hydrogen-bond acceptors (Lipinski definition) is 8. The van der Waals surface area contributed by atoms with Crippen LogP contribution < -0.4 is 0 Å². The van der Waals surface area contributed by atoms with Crippen molar-refractivity contribution in [1.29, 1.82) is 0 Å². The fourth-order valence-electron chi connectivity index (χ4n) is 3.33. The smallest absolute Gasteiger partial charge is 0.404 e. The molecule has 3 rings (SSSR count). The SMILES string of the molecule is O=S(=O)([N-]S(=O)(=O)C(F)(F)F)OC1C2CC3C1OS(=O)(=O)C3C2. The molecule has 3 aliphatic rings. The van der Waals surface area contributed by atoms with Gasteiger partial charge in [0.15, 0.2) is 10.0 Å². The Bertz CT molecular complexity index is 832. The summed E-state index contributed by atoms with van der Waals surface area (Å²) in [6.07, 6.45) is -2.25. The molecule has 2 saturated carbocycles. The summed E-state index contributed by atoms with van der Waals surface area (Å²) in [5, 5.41) is -0.795. The molecule has 134 valence electrons. The van der Waals surface area contributed by atoms with Crippen LogP contribution in [0.3, 0.4) is 0 Å². The molecular weight excluding hydrogens is 391 g/mol. The second kappa shape index (κ2) is 4.78. The third kappa shape index (κ3) is 2.76. The average Bonchev–Trinajstić information content (AvgIpc) is 2.90. The largest absolute Gasteiger partial charge is 0.480 e. The van der Waals surface area contributed by atoms with Gasteiger partial charge in [0.2, 0.25) is 10.3 Å². The van der Waals surface area contributed by atoms with E-state index in [0.29, 0.717) is 0 Å². The normalized spacial score (nSPS) is 39.0. The van der Waals surface area contributed by atoms with Crippen molar-refractivity contribution >= 4 is 30.4 Å². The number of fused-ring (bicyclic) bond motifs is 1. The summed E-state index contributed by atoms with van der Waals surface area (Å²) in [5.74, 6) is -1.10. The van der Waals surface area contributed by atoms with Crippen molar-refractivity contribution in [2.24, 2.45) is 11.8 Å². The van der Waals surface area contributed by atoms with Gasteiger partial charge >= 0.3 is 5.51 Å². The number of halogens is 3. The van der Waals surface area contributed by atoms with Crippen molar-refractivity contribution < 1.29 is 46.8 Å². The highest BCUT2D eigenvalue weighted by molar-refractivity contribution is 8.10. The van der Waals surface area contributed by atoms with Crippen molar-refractivity contribution in [3.8, 4) is 0 Å². The number of rotatable bonds is 4. The molecule has 0 aromatic rings. The van der Waals surface area contributed by atoms with Crippen LogP contribution in [-0.2, 0) is 38.8 Å². The van der Waals surface area contributed by atoms with Crippen molar-refractivity contribution in [2.75, 3.05) is 0 Å². The van der Waals surface area contributed by atoms with E-state index in [4.69, 9.17) is 4.18 Å². The Morgan fingerprint density at radius 3 is 2.30 bits per heavy atom. The molecule has 2 aliphatic carbocycles. The number of hydrogen-bond donors (Lipinski definition) is 0. The summed E-state index contributed by atoms with van der Waals surface area (Å²) >= 11 is 0. The van der Waals surface area contributed by atoms with E-state index in [1.165, 1.54) is 0 Å². The first-order valence-electron chi connectivity index (χ1n) is 6.14. The maximum absolute atomic E-state index is 12.2. The summed E-state index contributed by atoms with van der Waals surface area (Å²) in [7, 11) is -15.6. The zero-order valence-electron chi connectivity index (χ0n) is 10.9. The molecule has 2 bridgehead atoms. The fraction of sp³-hybridized carbons (Fsp3) is 1.00. The molecule has 5 atom stereocenters. The van der Waals surface area contributed by atoms with Gasteiger partial charge in [-0.2, -0.15) is 21.6 Å². The number of sulfonamides is 1. The molecule has 15 heteroatoms. The molecule has 9 nitrogen and oxygen atoms in total. The lowest BCUT2D eigenvalue weighted by atomic mass is 9.95. The second-order valence-corrected chi connectivity index (χ2v) is 10.3. The van der Waals surface area contributed by atoms with E-state index in [1.54, 1.807) is 4.13 Å². The van der Waals surface area contributed by atoms with Gasteiger partial charge in [-0.05, 0) is 18.8 Å². The molecule has 1 saturated heterocycles. The van der Waals surface area contributed by atoms with Gasteiger partial charge in [0, 0.05) is 5.92 Å². The van der Waals surface area contributed by atoms with Crippen molar-refractivity contribution in [3.63, 3.8) is 0 Å². The molecule has 0 amide bonds. The minimum Gasteiger partial charge on any atom is -0.404 e. The highest BCUT2D eigenvalue weighted by Crippen LogP contribution is 2.55. The molecule has 1 heterocycles. The first-order chi connectivity index (χ1) is 10.2. The Morgan fingerprint density at radius 1 is 1.13 bits per heavy atom. The predicted octanol–water partition coefficient (Wildman–Crippen LogP) is -0.0233. The lowest BCUT2D eigenvalue weighted by molar-refractivity contribution is -0.0425. The van der Waals surface area contributed by atoms with E-state index in [-0.39, 0.29) is 12.8 Å². The summed E-state index contributed by atoms with van der Waals surface area (Å²) in [4.78, 5) is 0. The van der Waals surface area contributed by atoms with Gasteiger partial charge < -0.3 is 4.13 Å². The van der Waals surface area contributed by atoms with Gasteiger partial charge in [-0.15, -0.1) is 0 Å². The summed E-state index contributed by atoms with van der Waals surface area (Å²) < 4.78 is 115. The molecular formula is C8H9F3NO8S3-. The summed E-state index contributed by atoms with van der Waals surface area (Å²) in [6.45, 7) is 0. The van der Waals surface area contributed by atoms with E-state index in [2.05, 4.69) is 4.18 Å². The molecule has 0 aromatic carbocycles. The highest BCUT2D eigenvalue weighted by Gasteiger charge is 2.65. The first-order valence-corrected chi connectivity index (χ1v) is 10.4. The maximum atomic E-state index is 12.2. The maximum Gasteiger partial charge on any atom is 0.480 e. The molecule has 1 aliphatic heterocycles.